The number of hydrogen-bond acceptors (Lipinski definition) is 3. The summed E-state index contributed by atoms with van der Waals surface area (Å²) in [5.41, 5.74) is -0.594. The molecule has 0 radical (unpaired) electrons. The van der Waals surface area contributed by atoms with Gasteiger partial charge in [0.2, 0.25) is 0 Å². The molecule has 124 valence electrons. The number of benzene rings is 1. The van der Waals surface area contributed by atoms with Gasteiger partial charge in [0.25, 0.3) is 6.43 Å². The lowest BCUT2D eigenvalue weighted by molar-refractivity contribution is 0.0525. The summed E-state index contributed by atoms with van der Waals surface area (Å²) in [7, 11) is 0. The normalized spacial score (nSPS) is 11.4. The van der Waals surface area contributed by atoms with Crippen LogP contribution < -0.4 is 10.1 Å². The van der Waals surface area contributed by atoms with Crippen molar-refractivity contribution in [1.82, 2.24) is 5.32 Å². The van der Waals surface area contributed by atoms with Gasteiger partial charge >= 0.3 is 6.09 Å². The van der Waals surface area contributed by atoms with Crippen LogP contribution in [0.15, 0.2) is 22.7 Å². The first-order valence-corrected chi connectivity index (χ1v) is 7.65. The number of nitrogens with one attached hydrogen (secondary N) is 1. The van der Waals surface area contributed by atoms with Crippen LogP contribution in [0.4, 0.5) is 13.6 Å². The zero-order valence-electron chi connectivity index (χ0n) is 12.8. The summed E-state index contributed by atoms with van der Waals surface area (Å²) in [4.78, 5) is 11.4. The Bertz CT molecular complexity index is 504. The second kappa shape index (κ2) is 8.31. The molecule has 0 aliphatic heterocycles. The molecule has 0 bridgehead atoms. The van der Waals surface area contributed by atoms with E-state index < -0.39 is 18.1 Å². The summed E-state index contributed by atoms with van der Waals surface area (Å²) < 4.78 is 36.1. The third-order valence-electron chi connectivity index (χ3n) is 2.45. The predicted molar refractivity (Wildman–Crippen MR) is 83.4 cm³/mol. The largest absolute Gasteiger partial charge is 0.492 e. The number of carbonyl (C=O) groups is 1. The zero-order valence-corrected chi connectivity index (χ0v) is 14.4. The van der Waals surface area contributed by atoms with Crippen LogP contribution in [0.2, 0.25) is 0 Å². The van der Waals surface area contributed by atoms with E-state index >= 15 is 0 Å². The molecular formula is C15H20BrF2NO3. The predicted octanol–water partition coefficient (Wildman–Crippen LogP) is 4.68. The van der Waals surface area contributed by atoms with Crippen LogP contribution in [0, 0.1) is 0 Å². The van der Waals surface area contributed by atoms with E-state index in [-0.39, 0.29) is 5.56 Å². The van der Waals surface area contributed by atoms with Crippen molar-refractivity contribution < 1.29 is 23.0 Å². The maximum Gasteiger partial charge on any atom is 0.407 e. The third-order valence-corrected chi connectivity index (χ3v) is 3.07. The van der Waals surface area contributed by atoms with Crippen LogP contribution in [0.3, 0.4) is 0 Å². The molecule has 0 saturated carbocycles. The number of amides is 1. The highest BCUT2D eigenvalue weighted by Gasteiger charge is 2.15. The van der Waals surface area contributed by atoms with E-state index in [0.29, 0.717) is 29.8 Å². The highest BCUT2D eigenvalue weighted by Crippen LogP contribution is 2.30. The monoisotopic (exact) mass is 379 g/mol. The molecule has 0 spiro atoms. The van der Waals surface area contributed by atoms with Gasteiger partial charge in [0.15, 0.2) is 0 Å². The van der Waals surface area contributed by atoms with Gasteiger partial charge in [-0.15, -0.1) is 0 Å². The standard InChI is InChI=1S/C15H20BrF2NO3/c1-15(2,3)22-14(20)19-7-4-8-21-12-6-5-10(13(17)18)9-11(12)16/h5-6,9,13H,4,7-8H2,1-3H3,(H,19,20). The van der Waals surface area contributed by atoms with Crippen molar-refractivity contribution >= 4 is 22.0 Å². The van der Waals surface area contributed by atoms with E-state index in [1.54, 1.807) is 20.8 Å². The summed E-state index contributed by atoms with van der Waals surface area (Å²) in [5, 5.41) is 2.61. The van der Waals surface area contributed by atoms with Gasteiger partial charge in [-0.3, -0.25) is 0 Å². The van der Waals surface area contributed by atoms with Crippen LogP contribution in [0.1, 0.15) is 39.2 Å². The summed E-state index contributed by atoms with van der Waals surface area (Å²) >= 11 is 3.19. The Kier molecular flexibility index (Phi) is 7.06. The Morgan fingerprint density at radius 1 is 1.36 bits per heavy atom. The average Bonchev–Trinajstić information content (AvgIpc) is 2.37. The summed E-state index contributed by atoms with van der Waals surface area (Å²) in [6.45, 7) is 6.12. The molecule has 0 heterocycles. The van der Waals surface area contributed by atoms with Crippen molar-refractivity contribution in [3.05, 3.63) is 28.2 Å². The molecule has 0 saturated heterocycles. The number of carbonyl (C=O) groups excluding carboxylic acids is 1. The van der Waals surface area contributed by atoms with Gasteiger partial charge in [0, 0.05) is 12.1 Å². The Balaban J connectivity index is 2.29. The molecule has 0 aliphatic rings. The van der Waals surface area contributed by atoms with Crippen LogP contribution in [0.25, 0.3) is 0 Å². The minimum atomic E-state index is -2.51. The number of hydrogen-bond donors (Lipinski definition) is 1. The lowest BCUT2D eigenvalue weighted by atomic mass is 10.2. The summed E-state index contributed by atoms with van der Waals surface area (Å²) in [5.74, 6) is 0.488. The third kappa shape index (κ3) is 7.06. The first-order valence-electron chi connectivity index (χ1n) is 6.86. The van der Waals surface area contributed by atoms with Crippen LogP contribution in [0.5, 0.6) is 5.75 Å². The minimum Gasteiger partial charge on any atom is -0.492 e. The lowest BCUT2D eigenvalue weighted by Crippen LogP contribution is -2.33. The summed E-state index contributed by atoms with van der Waals surface area (Å²) in [6, 6.07) is 4.15. The maximum absolute atomic E-state index is 12.5. The smallest absolute Gasteiger partial charge is 0.407 e. The van der Waals surface area contributed by atoms with Crippen molar-refractivity contribution in [3.63, 3.8) is 0 Å². The van der Waals surface area contributed by atoms with Gasteiger partial charge in [-0.1, -0.05) is 0 Å². The fraction of sp³-hybridized carbons (Fsp3) is 0.533. The van der Waals surface area contributed by atoms with E-state index in [2.05, 4.69) is 21.2 Å². The van der Waals surface area contributed by atoms with E-state index in [0.717, 1.165) is 0 Å². The van der Waals surface area contributed by atoms with Gasteiger partial charge in [0.1, 0.15) is 11.4 Å². The first kappa shape index (κ1) is 18.7. The number of alkyl halides is 2. The molecule has 1 rings (SSSR count). The number of halogens is 3. The molecule has 0 aromatic heterocycles. The maximum atomic E-state index is 12.5. The highest BCUT2D eigenvalue weighted by molar-refractivity contribution is 9.10. The van der Waals surface area contributed by atoms with Crippen molar-refractivity contribution in [2.45, 2.75) is 39.2 Å². The Morgan fingerprint density at radius 2 is 2.05 bits per heavy atom. The molecule has 1 N–H and O–H groups in total. The Hall–Kier alpha value is -1.37. The zero-order chi connectivity index (χ0) is 16.8. The van der Waals surface area contributed by atoms with E-state index in [9.17, 15) is 13.6 Å². The van der Waals surface area contributed by atoms with Gasteiger partial charge in [-0.25, -0.2) is 13.6 Å². The molecule has 1 aromatic rings. The van der Waals surface area contributed by atoms with Gasteiger partial charge in [0.05, 0.1) is 11.1 Å². The topological polar surface area (TPSA) is 47.6 Å². The molecule has 0 unspecified atom stereocenters. The lowest BCUT2D eigenvalue weighted by Gasteiger charge is -2.19. The fourth-order valence-electron chi connectivity index (χ4n) is 1.53. The van der Waals surface area contributed by atoms with Gasteiger partial charge in [-0.2, -0.15) is 0 Å². The Morgan fingerprint density at radius 3 is 2.59 bits per heavy atom. The fourth-order valence-corrected chi connectivity index (χ4v) is 2.04. The molecule has 4 nitrogen and oxygen atoms in total. The molecule has 0 aliphatic carbocycles. The number of ether oxygens (including phenoxy) is 2. The van der Waals surface area contributed by atoms with Crippen LogP contribution in [-0.2, 0) is 4.74 Å². The van der Waals surface area contributed by atoms with Crippen molar-refractivity contribution in [3.8, 4) is 5.75 Å². The molecule has 7 heteroatoms. The van der Waals surface area contributed by atoms with Crippen LogP contribution >= 0.6 is 15.9 Å². The molecule has 1 aromatic carbocycles. The quantitative estimate of drug-likeness (QED) is 0.729. The van der Waals surface area contributed by atoms with Crippen LogP contribution in [-0.4, -0.2) is 24.8 Å². The van der Waals surface area contributed by atoms with E-state index in [1.165, 1.54) is 18.2 Å². The van der Waals surface area contributed by atoms with Gasteiger partial charge in [-0.05, 0) is 61.3 Å². The second-order valence-corrected chi connectivity index (χ2v) is 6.48. The average molecular weight is 380 g/mol. The summed E-state index contributed by atoms with van der Waals surface area (Å²) in [6.07, 6.45) is -2.42. The van der Waals surface area contributed by atoms with Crippen molar-refractivity contribution in [1.29, 1.82) is 0 Å². The van der Waals surface area contributed by atoms with E-state index in [1.807, 2.05) is 0 Å². The molecule has 1 amide bonds. The SMILES string of the molecule is CC(C)(C)OC(=O)NCCCOc1ccc(C(F)F)cc1Br. The van der Waals surface area contributed by atoms with Crippen molar-refractivity contribution in [2.75, 3.05) is 13.2 Å². The molecule has 22 heavy (non-hydrogen) atoms. The minimum absolute atomic E-state index is 0.0641. The molecule has 0 atom stereocenters. The van der Waals surface area contributed by atoms with E-state index in [4.69, 9.17) is 9.47 Å². The second-order valence-electron chi connectivity index (χ2n) is 5.62. The van der Waals surface area contributed by atoms with Gasteiger partial charge < -0.3 is 14.8 Å². The number of rotatable bonds is 6. The first-order chi connectivity index (χ1) is 10.2. The molecular weight excluding hydrogens is 360 g/mol. The Labute approximate surface area is 137 Å². The molecule has 0 fully saturated rings. The van der Waals surface area contributed by atoms with Crippen molar-refractivity contribution in [2.24, 2.45) is 0 Å². The highest BCUT2D eigenvalue weighted by atomic mass is 79.9. The number of alkyl carbamates (subject to hydrolysis) is 1.